The van der Waals surface area contributed by atoms with E-state index in [0.29, 0.717) is 28.1 Å². The number of aryl methyl sites for hydroxylation is 2. The first-order valence-electron chi connectivity index (χ1n) is 12.8. The van der Waals surface area contributed by atoms with E-state index in [9.17, 15) is 9.59 Å². The second kappa shape index (κ2) is 12.9. The number of rotatable bonds is 11. The summed E-state index contributed by atoms with van der Waals surface area (Å²) < 4.78 is 13.4. The standard InChI is InChI=1S/C29H32N4O4S2/c1-6-33-26(20(5)37-22-14-13-18(3)19(4)15-22)31-32-29(33)39-17-24(34)30-27-25(28(35)36-7-2)23(16-38-27)21-11-9-8-10-12-21/h8-16,20H,6-7,17H2,1-5H3,(H,30,34). The molecule has 0 spiro atoms. The summed E-state index contributed by atoms with van der Waals surface area (Å²) in [5.41, 5.74) is 4.34. The minimum Gasteiger partial charge on any atom is -0.483 e. The largest absolute Gasteiger partial charge is 0.483 e. The Morgan fingerprint density at radius 3 is 2.54 bits per heavy atom. The summed E-state index contributed by atoms with van der Waals surface area (Å²) in [6.07, 6.45) is -0.322. The van der Waals surface area contributed by atoms with Gasteiger partial charge >= 0.3 is 5.97 Å². The van der Waals surface area contributed by atoms with Gasteiger partial charge in [-0.25, -0.2) is 4.79 Å². The Bertz CT molecular complexity index is 1450. The average molecular weight is 565 g/mol. The van der Waals surface area contributed by atoms with Crippen LogP contribution in [0.15, 0.2) is 59.1 Å². The Morgan fingerprint density at radius 1 is 1.08 bits per heavy atom. The number of anilines is 1. The number of nitrogens with one attached hydrogen (secondary N) is 1. The van der Waals surface area contributed by atoms with Crippen LogP contribution in [0.25, 0.3) is 11.1 Å². The van der Waals surface area contributed by atoms with Crippen LogP contribution in [0.4, 0.5) is 5.00 Å². The number of esters is 1. The molecule has 1 N–H and O–H groups in total. The number of aromatic nitrogens is 3. The molecule has 1 atom stereocenters. The summed E-state index contributed by atoms with van der Waals surface area (Å²) in [4.78, 5) is 25.7. The Morgan fingerprint density at radius 2 is 1.85 bits per heavy atom. The van der Waals surface area contributed by atoms with E-state index in [1.807, 2.05) is 72.3 Å². The molecular weight excluding hydrogens is 532 g/mol. The van der Waals surface area contributed by atoms with Crippen molar-refractivity contribution in [1.82, 2.24) is 14.8 Å². The maximum absolute atomic E-state index is 12.9. The van der Waals surface area contributed by atoms with Crippen LogP contribution in [0.2, 0.25) is 0 Å². The predicted octanol–water partition coefficient (Wildman–Crippen LogP) is 6.69. The van der Waals surface area contributed by atoms with Crippen LogP contribution < -0.4 is 10.1 Å². The van der Waals surface area contributed by atoms with E-state index in [2.05, 4.69) is 29.4 Å². The van der Waals surface area contributed by atoms with E-state index in [0.717, 1.165) is 22.4 Å². The average Bonchev–Trinajstić information content (AvgIpc) is 3.54. The van der Waals surface area contributed by atoms with E-state index in [1.54, 1.807) is 6.92 Å². The van der Waals surface area contributed by atoms with Crippen molar-refractivity contribution >= 4 is 40.0 Å². The lowest BCUT2D eigenvalue weighted by molar-refractivity contribution is -0.113. The van der Waals surface area contributed by atoms with Crippen molar-refractivity contribution < 1.29 is 19.1 Å². The Labute approximate surface area is 236 Å². The highest BCUT2D eigenvalue weighted by atomic mass is 32.2. The molecule has 8 nitrogen and oxygen atoms in total. The van der Waals surface area contributed by atoms with E-state index in [-0.39, 0.29) is 24.4 Å². The van der Waals surface area contributed by atoms with Crippen molar-refractivity contribution in [3.05, 3.63) is 76.4 Å². The summed E-state index contributed by atoms with van der Waals surface area (Å²) >= 11 is 2.59. The van der Waals surface area contributed by atoms with Gasteiger partial charge in [-0.1, -0.05) is 48.2 Å². The molecule has 1 unspecified atom stereocenters. The molecule has 2 heterocycles. The van der Waals surface area contributed by atoms with Gasteiger partial charge in [-0.15, -0.1) is 21.5 Å². The van der Waals surface area contributed by atoms with Gasteiger partial charge in [0.2, 0.25) is 5.91 Å². The smallest absolute Gasteiger partial charge is 0.341 e. The molecule has 10 heteroatoms. The van der Waals surface area contributed by atoms with Gasteiger partial charge in [-0.2, -0.15) is 0 Å². The van der Waals surface area contributed by atoms with Crippen molar-refractivity contribution in [2.24, 2.45) is 0 Å². The van der Waals surface area contributed by atoms with Gasteiger partial charge in [0.05, 0.1) is 12.4 Å². The molecule has 4 rings (SSSR count). The van der Waals surface area contributed by atoms with Crippen molar-refractivity contribution in [1.29, 1.82) is 0 Å². The van der Waals surface area contributed by atoms with Crippen LogP contribution in [0.5, 0.6) is 5.75 Å². The van der Waals surface area contributed by atoms with Gasteiger partial charge in [0.1, 0.15) is 16.3 Å². The Hall–Kier alpha value is -3.63. The summed E-state index contributed by atoms with van der Waals surface area (Å²) in [6, 6.07) is 15.6. The molecule has 0 aliphatic carbocycles. The van der Waals surface area contributed by atoms with Crippen LogP contribution >= 0.6 is 23.1 Å². The van der Waals surface area contributed by atoms with Gasteiger partial charge in [0.15, 0.2) is 17.1 Å². The molecular formula is C29H32N4O4S2. The fourth-order valence-corrected chi connectivity index (χ4v) is 5.81. The first-order chi connectivity index (χ1) is 18.8. The number of amides is 1. The predicted molar refractivity (Wildman–Crippen MR) is 156 cm³/mol. The molecule has 1 amide bonds. The van der Waals surface area contributed by atoms with E-state index in [4.69, 9.17) is 9.47 Å². The molecule has 0 aliphatic heterocycles. The number of nitrogens with zero attached hydrogens (tertiary/aromatic N) is 3. The molecule has 4 aromatic rings. The molecule has 0 saturated heterocycles. The van der Waals surface area contributed by atoms with Crippen LogP contribution in [-0.2, 0) is 16.1 Å². The van der Waals surface area contributed by atoms with Crippen molar-refractivity contribution in [3.8, 4) is 16.9 Å². The van der Waals surface area contributed by atoms with E-state index in [1.165, 1.54) is 28.7 Å². The number of ether oxygens (including phenoxy) is 2. The molecule has 0 bridgehead atoms. The van der Waals surface area contributed by atoms with Crippen LogP contribution in [-0.4, -0.2) is 39.0 Å². The van der Waals surface area contributed by atoms with E-state index >= 15 is 0 Å². The summed E-state index contributed by atoms with van der Waals surface area (Å²) in [5, 5.41) is 14.5. The van der Waals surface area contributed by atoms with Crippen LogP contribution in [0.1, 0.15) is 54.2 Å². The lowest BCUT2D eigenvalue weighted by atomic mass is 10.0. The third-order valence-corrected chi connectivity index (χ3v) is 8.02. The van der Waals surface area contributed by atoms with Crippen LogP contribution in [0, 0.1) is 13.8 Å². The molecule has 2 aromatic heterocycles. The Kier molecular flexibility index (Phi) is 9.42. The topological polar surface area (TPSA) is 95.3 Å². The fourth-order valence-electron chi connectivity index (χ4n) is 4.03. The number of carbonyl (C=O) groups excluding carboxylic acids is 2. The van der Waals surface area contributed by atoms with Gasteiger partial charge in [-0.05, 0) is 63.4 Å². The number of thioether (sulfide) groups is 1. The van der Waals surface area contributed by atoms with Crippen molar-refractivity contribution in [2.75, 3.05) is 17.7 Å². The van der Waals surface area contributed by atoms with Gasteiger partial charge in [0.25, 0.3) is 0 Å². The molecule has 0 fully saturated rings. The minimum atomic E-state index is -0.464. The zero-order chi connectivity index (χ0) is 27.9. The number of thiophene rings is 1. The van der Waals surface area contributed by atoms with Crippen molar-refractivity contribution in [2.45, 2.75) is 52.4 Å². The molecule has 0 radical (unpaired) electrons. The second-order valence-electron chi connectivity index (χ2n) is 8.87. The highest BCUT2D eigenvalue weighted by Gasteiger charge is 2.24. The fraction of sp³-hybridized carbons (Fsp3) is 0.310. The lowest BCUT2D eigenvalue weighted by Gasteiger charge is -2.16. The number of hydrogen-bond donors (Lipinski definition) is 1. The zero-order valence-corrected chi connectivity index (χ0v) is 24.3. The zero-order valence-electron chi connectivity index (χ0n) is 22.7. The van der Waals surface area contributed by atoms with E-state index < -0.39 is 5.97 Å². The minimum absolute atomic E-state index is 0.103. The number of benzene rings is 2. The third-order valence-electron chi connectivity index (χ3n) is 6.16. The molecule has 0 aliphatic rings. The molecule has 0 saturated carbocycles. The number of carbonyl (C=O) groups is 2. The second-order valence-corrected chi connectivity index (χ2v) is 10.7. The summed E-state index contributed by atoms with van der Waals surface area (Å²) in [7, 11) is 0. The monoisotopic (exact) mass is 564 g/mol. The lowest BCUT2D eigenvalue weighted by Crippen LogP contribution is -2.17. The SMILES string of the molecule is CCOC(=O)c1c(-c2ccccc2)csc1NC(=O)CSc1nnc(C(C)Oc2ccc(C)c(C)c2)n1CC. The van der Waals surface area contributed by atoms with Gasteiger partial charge in [-0.3, -0.25) is 4.79 Å². The first-order valence-corrected chi connectivity index (χ1v) is 14.6. The highest BCUT2D eigenvalue weighted by Crippen LogP contribution is 2.36. The van der Waals surface area contributed by atoms with Crippen LogP contribution in [0.3, 0.4) is 0 Å². The highest BCUT2D eigenvalue weighted by molar-refractivity contribution is 7.99. The maximum Gasteiger partial charge on any atom is 0.341 e. The molecule has 204 valence electrons. The van der Waals surface area contributed by atoms with Gasteiger partial charge in [0, 0.05) is 17.5 Å². The number of hydrogen-bond acceptors (Lipinski definition) is 8. The quantitative estimate of drug-likeness (QED) is 0.160. The first kappa shape index (κ1) is 28.4. The molecule has 2 aromatic carbocycles. The maximum atomic E-state index is 12.9. The molecule has 39 heavy (non-hydrogen) atoms. The van der Waals surface area contributed by atoms with Gasteiger partial charge < -0.3 is 19.4 Å². The summed E-state index contributed by atoms with van der Waals surface area (Å²) in [6.45, 7) is 10.7. The van der Waals surface area contributed by atoms with Crippen molar-refractivity contribution in [3.63, 3.8) is 0 Å². The Balaban J connectivity index is 1.45. The normalized spacial score (nSPS) is 11.7. The third kappa shape index (κ3) is 6.69. The summed E-state index contributed by atoms with van der Waals surface area (Å²) in [5.74, 6) is 0.847.